The van der Waals surface area contributed by atoms with E-state index in [1.807, 2.05) is 25.1 Å². The second-order valence-electron chi connectivity index (χ2n) is 6.26. The maximum absolute atomic E-state index is 10.5. The molecule has 1 atom stereocenters. The Balaban J connectivity index is 2.00. The first-order chi connectivity index (χ1) is 9.54. The van der Waals surface area contributed by atoms with E-state index in [1.165, 1.54) is 32.1 Å². The van der Waals surface area contributed by atoms with Crippen molar-refractivity contribution in [1.29, 1.82) is 0 Å². The van der Waals surface area contributed by atoms with Gasteiger partial charge in [-0.25, -0.2) is 0 Å². The van der Waals surface area contributed by atoms with Crippen LogP contribution in [0.2, 0.25) is 0 Å². The van der Waals surface area contributed by atoms with E-state index >= 15 is 0 Å². The lowest BCUT2D eigenvalue weighted by Gasteiger charge is -2.35. The van der Waals surface area contributed by atoms with E-state index in [9.17, 15) is 5.11 Å². The molecule has 0 aromatic heterocycles. The molecule has 0 radical (unpaired) electrons. The minimum absolute atomic E-state index is 0.177. The van der Waals surface area contributed by atoms with Gasteiger partial charge in [-0.1, -0.05) is 30.9 Å². The SMILES string of the molecule is COc1ccc(C)cc1C(O)CNC1(C)CCCCC1. The molecule has 0 spiro atoms. The molecular formula is C17H27NO2. The molecule has 3 nitrogen and oxygen atoms in total. The van der Waals surface area contributed by atoms with Gasteiger partial charge in [0.15, 0.2) is 0 Å². The van der Waals surface area contributed by atoms with Crippen LogP contribution in [0.1, 0.15) is 56.3 Å². The second kappa shape index (κ2) is 6.59. The number of rotatable bonds is 5. The largest absolute Gasteiger partial charge is 0.496 e. The van der Waals surface area contributed by atoms with Crippen LogP contribution >= 0.6 is 0 Å². The fourth-order valence-corrected chi connectivity index (χ4v) is 3.08. The molecule has 1 unspecified atom stereocenters. The maximum Gasteiger partial charge on any atom is 0.124 e. The fraction of sp³-hybridized carbons (Fsp3) is 0.647. The van der Waals surface area contributed by atoms with Crippen molar-refractivity contribution in [3.05, 3.63) is 29.3 Å². The van der Waals surface area contributed by atoms with Gasteiger partial charge in [0.25, 0.3) is 0 Å². The predicted octanol–water partition coefficient (Wildman–Crippen LogP) is 3.35. The van der Waals surface area contributed by atoms with E-state index in [0.29, 0.717) is 6.54 Å². The van der Waals surface area contributed by atoms with Gasteiger partial charge in [0.1, 0.15) is 5.75 Å². The molecule has 0 bridgehead atoms. The predicted molar refractivity (Wildman–Crippen MR) is 82.2 cm³/mol. The van der Waals surface area contributed by atoms with Crippen molar-refractivity contribution in [3.63, 3.8) is 0 Å². The first kappa shape index (κ1) is 15.3. The summed E-state index contributed by atoms with van der Waals surface area (Å²) in [6.07, 6.45) is 5.78. The number of hydrogen-bond acceptors (Lipinski definition) is 3. The molecule has 0 heterocycles. The van der Waals surface area contributed by atoms with Crippen molar-refractivity contribution >= 4 is 0 Å². The van der Waals surface area contributed by atoms with Gasteiger partial charge in [-0.2, -0.15) is 0 Å². The highest BCUT2D eigenvalue weighted by Crippen LogP contribution is 2.30. The Kier molecular flexibility index (Phi) is 5.06. The molecule has 2 N–H and O–H groups in total. The van der Waals surface area contributed by atoms with Crippen LogP contribution in [-0.2, 0) is 0 Å². The highest BCUT2D eigenvalue weighted by Gasteiger charge is 2.27. The second-order valence-corrected chi connectivity index (χ2v) is 6.26. The summed E-state index contributed by atoms with van der Waals surface area (Å²) in [4.78, 5) is 0. The zero-order valence-corrected chi connectivity index (χ0v) is 12.9. The fourth-order valence-electron chi connectivity index (χ4n) is 3.08. The number of methoxy groups -OCH3 is 1. The summed E-state index contributed by atoms with van der Waals surface area (Å²) >= 11 is 0. The van der Waals surface area contributed by atoms with Gasteiger partial charge in [0.2, 0.25) is 0 Å². The van der Waals surface area contributed by atoms with Gasteiger partial charge in [-0.15, -0.1) is 0 Å². The van der Waals surface area contributed by atoms with E-state index in [0.717, 1.165) is 16.9 Å². The number of aliphatic hydroxyl groups excluding tert-OH is 1. The Morgan fingerprint density at radius 2 is 2.00 bits per heavy atom. The van der Waals surface area contributed by atoms with Crippen molar-refractivity contribution in [2.75, 3.05) is 13.7 Å². The standard InChI is InChI=1S/C17H27NO2/c1-13-7-8-16(20-3)14(11-13)15(19)12-18-17(2)9-5-4-6-10-17/h7-8,11,15,18-19H,4-6,9-10,12H2,1-3H3. The van der Waals surface area contributed by atoms with Crippen LogP contribution in [-0.4, -0.2) is 24.3 Å². The molecule has 112 valence electrons. The molecule has 1 aliphatic carbocycles. The van der Waals surface area contributed by atoms with Crippen LogP contribution in [0.4, 0.5) is 0 Å². The Morgan fingerprint density at radius 1 is 1.30 bits per heavy atom. The van der Waals surface area contributed by atoms with Gasteiger partial charge < -0.3 is 15.2 Å². The zero-order valence-electron chi connectivity index (χ0n) is 12.9. The average molecular weight is 277 g/mol. The topological polar surface area (TPSA) is 41.5 Å². The highest BCUT2D eigenvalue weighted by molar-refractivity contribution is 5.38. The van der Waals surface area contributed by atoms with Crippen molar-refractivity contribution in [3.8, 4) is 5.75 Å². The normalized spacial score (nSPS) is 19.6. The summed E-state index contributed by atoms with van der Waals surface area (Å²) in [7, 11) is 1.65. The van der Waals surface area contributed by atoms with Crippen molar-refractivity contribution in [2.24, 2.45) is 0 Å². The molecule has 1 fully saturated rings. The Bertz CT molecular complexity index is 439. The Hall–Kier alpha value is -1.06. The molecule has 1 aromatic rings. The van der Waals surface area contributed by atoms with E-state index in [4.69, 9.17) is 4.74 Å². The van der Waals surface area contributed by atoms with E-state index in [2.05, 4.69) is 12.2 Å². The Labute approximate surface area is 122 Å². The van der Waals surface area contributed by atoms with E-state index in [1.54, 1.807) is 7.11 Å². The van der Waals surface area contributed by atoms with E-state index in [-0.39, 0.29) is 5.54 Å². The van der Waals surface area contributed by atoms with Gasteiger partial charge in [-0.3, -0.25) is 0 Å². The lowest BCUT2D eigenvalue weighted by atomic mass is 9.83. The molecule has 20 heavy (non-hydrogen) atoms. The third-order valence-electron chi connectivity index (χ3n) is 4.42. The average Bonchev–Trinajstić information content (AvgIpc) is 2.45. The smallest absolute Gasteiger partial charge is 0.124 e. The molecular weight excluding hydrogens is 250 g/mol. The van der Waals surface area contributed by atoms with Crippen LogP contribution in [0.3, 0.4) is 0 Å². The van der Waals surface area contributed by atoms with Crippen LogP contribution < -0.4 is 10.1 Å². The lowest BCUT2D eigenvalue weighted by molar-refractivity contribution is 0.143. The molecule has 1 saturated carbocycles. The van der Waals surface area contributed by atoms with Crippen LogP contribution in [0.15, 0.2) is 18.2 Å². The summed E-state index contributed by atoms with van der Waals surface area (Å²) in [5, 5.41) is 14.0. The molecule has 2 rings (SSSR count). The quantitative estimate of drug-likeness (QED) is 0.867. The summed E-state index contributed by atoms with van der Waals surface area (Å²) in [5.41, 5.74) is 2.19. The summed E-state index contributed by atoms with van der Waals surface area (Å²) in [6.45, 7) is 4.88. The number of β-amino-alcohol motifs (C(OH)–C–C–N with tert-alkyl or cyclic N) is 1. The minimum atomic E-state index is -0.524. The Morgan fingerprint density at radius 3 is 2.65 bits per heavy atom. The van der Waals surface area contributed by atoms with Gasteiger partial charge in [0, 0.05) is 17.6 Å². The van der Waals surface area contributed by atoms with Gasteiger partial charge >= 0.3 is 0 Å². The van der Waals surface area contributed by atoms with Crippen LogP contribution in [0, 0.1) is 6.92 Å². The molecule has 0 amide bonds. The zero-order chi connectivity index (χ0) is 14.6. The third-order valence-corrected chi connectivity index (χ3v) is 4.42. The highest BCUT2D eigenvalue weighted by atomic mass is 16.5. The number of aryl methyl sites for hydroxylation is 1. The number of aliphatic hydroxyl groups is 1. The molecule has 0 aliphatic heterocycles. The number of hydrogen-bond donors (Lipinski definition) is 2. The minimum Gasteiger partial charge on any atom is -0.496 e. The number of benzene rings is 1. The van der Waals surface area contributed by atoms with Crippen LogP contribution in [0.5, 0.6) is 5.75 Å². The number of ether oxygens (including phenoxy) is 1. The van der Waals surface area contributed by atoms with Crippen molar-refractivity contribution in [1.82, 2.24) is 5.32 Å². The van der Waals surface area contributed by atoms with E-state index < -0.39 is 6.10 Å². The summed E-state index contributed by atoms with van der Waals surface area (Å²) in [6, 6.07) is 5.94. The molecule has 0 saturated heterocycles. The third kappa shape index (κ3) is 3.74. The maximum atomic E-state index is 10.5. The monoisotopic (exact) mass is 277 g/mol. The van der Waals surface area contributed by atoms with Crippen molar-refractivity contribution in [2.45, 2.75) is 57.6 Å². The lowest BCUT2D eigenvalue weighted by Crippen LogP contribution is -2.45. The summed E-state index contributed by atoms with van der Waals surface area (Å²) < 4.78 is 5.35. The van der Waals surface area contributed by atoms with Gasteiger partial charge in [-0.05, 0) is 38.8 Å². The molecule has 1 aromatic carbocycles. The first-order valence-corrected chi connectivity index (χ1v) is 7.62. The number of nitrogens with one attached hydrogen (secondary N) is 1. The summed E-state index contributed by atoms with van der Waals surface area (Å²) in [5.74, 6) is 0.763. The first-order valence-electron chi connectivity index (χ1n) is 7.62. The molecule has 1 aliphatic rings. The van der Waals surface area contributed by atoms with Gasteiger partial charge in [0.05, 0.1) is 13.2 Å². The molecule has 3 heteroatoms. The van der Waals surface area contributed by atoms with Crippen LogP contribution in [0.25, 0.3) is 0 Å². The van der Waals surface area contributed by atoms with Crippen molar-refractivity contribution < 1.29 is 9.84 Å².